The molecule has 0 fully saturated rings. The van der Waals surface area contributed by atoms with Gasteiger partial charge in [0, 0.05) is 5.75 Å². The van der Waals surface area contributed by atoms with E-state index >= 15 is 0 Å². The second-order valence-electron chi connectivity index (χ2n) is 5.22. The highest BCUT2D eigenvalue weighted by molar-refractivity contribution is 7.97. The number of hydrogen-bond acceptors (Lipinski definition) is 3. The summed E-state index contributed by atoms with van der Waals surface area (Å²) in [6.45, 7) is 3.04. The van der Waals surface area contributed by atoms with Crippen molar-refractivity contribution in [3.63, 3.8) is 0 Å². The van der Waals surface area contributed by atoms with Crippen LogP contribution in [0.3, 0.4) is 0 Å². The zero-order valence-electron chi connectivity index (χ0n) is 12.1. The van der Waals surface area contributed by atoms with Crippen molar-refractivity contribution in [1.29, 1.82) is 0 Å². The monoisotopic (exact) mass is 297 g/mol. The molecule has 1 heterocycles. The smallest absolute Gasteiger partial charge is 0.118 e. The Morgan fingerprint density at radius 3 is 2.71 bits per heavy atom. The maximum atomic E-state index is 5.30. The van der Waals surface area contributed by atoms with Gasteiger partial charge in [-0.2, -0.15) is 0 Å². The largest absolute Gasteiger partial charge is 0.468 e. The number of benzene rings is 2. The molecule has 1 aromatic heterocycles. The highest BCUT2D eigenvalue weighted by atomic mass is 32.2. The van der Waals surface area contributed by atoms with Crippen LogP contribution in [0.25, 0.3) is 10.8 Å². The summed E-state index contributed by atoms with van der Waals surface area (Å²) in [7, 11) is 0. The minimum atomic E-state index is 0.517. The first-order valence-electron chi connectivity index (χ1n) is 7.18. The quantitative estimate of drug-likeness (QED) is 0.513. The van der Waals surface area contributed by atoms with Crippen molar-refractivity contribution in [2.24, 2.45) is 0 Å². The van der Waals surface area contributed by atoms with Gasteiger partial charge in [-0.25, -0.2) is 0 Å². The van der Waals surface area contributed by atoms with Gasteiger partial charge in [-0.05, 0) is 34.4 Å². The van der Waals surface area contributed by atoms with Crippen molar-refractivity contribution in [2.45, 2.75) is 19.4 Å². The Balaban J connectivity index is 1.55. The molecule has 0 amide bonds. The third kappa shape index (κ3) is 3.69. The molecule has 0 spiro atoms. The zero-order chi connectivity index (χ0) is 14.5. The summed E-state index contributed by atoms with van der Waals surface area (Å²) in [4.78, 5) is 0. The molecule has 21 heavy (non-hydrogen) atoms. The molecule has 0 aliphatic heterocycles. The summed E-state index contributed by atoms with van der Waals surface area (Å²) in [5.41, 5.74) is 1.39. The Bertz CT molecular complexity index is 693. The van der Waals surface area contributed by atoms with Crippen molar-refractivity contribution in [2.75, 3.05) is 5.75 Å². The van der Waals surface area contributed by atoms with Gasteiger partial charge in [0.05, 0.1) is 12.8 Å². The van der Waals surface area contributed by atoms with E-state index in [0.29, 0.717) is 5.92 Å². The molecule has 0 aliphatic carbocycles. The molecule has 2 aromatic carbocycles. The Hall–Kier alpha value is -1.71. The Morgan fingerprint density at radius 1 is 1.05 bits per heavy atom. The molecule has 0 radical (unpaired) electrons. The van der Waals surface area contributed by atoms with Crippen LogP contribution in [0.5, 0.6) is 0 Å². The first kappa shape index (κ1) is 14.2. The van der Waals surface area contributed by atoms with Gasteiger partial charge in [-0.15, -0.1) is 0 Å². The van der Waals surface area contributed by atoms with Gasteiger partial charge >= 0.3 is 0 Å². The standard InChI is InChI=1S/C18H19NOS/c1-14(13-21-19-12-18-7-4-10-20-18)16-9-8-15-5-2-3-6-17(15)11-16/h2-11,14,19H,12-13H2,1H3. The van der Waals surface area contributed by atoms with Gasteiger partial charge in [0.25, 0.3) is 0 Å². The zero-order valence-corrected chi connectivity index (χ0v) is 12.9. The van der Waals surface area contributed by atoms with Gasteiger partial charge in [0.15, 0.2) is 0 Å². The molecule has 1 atom stereocenters. The fourth-order valence-corrected chi connectivity index (χ4v) is 3.13. The predicted molar refractivity (Wildman–Crippen MR) is 90.4 cm³/mol. The Labute approximate surface area is 129 Å². The highest BCUT2D eigenvalue weighted by Gasteiger charge is 2.06. The molecule has 3 aromatic rings. The fraction of sp³-hybridized carbons (Fsp3) is 0.222. The van der Waals surface area contributed by atoms with Gasteiger partial charge < -0.3 is 4.42 Å². The SMILES string of the molecule is CC(CSNCc1ccco1)c1ccc2ccccc2c1. The van der Waals surface area contributed by atoms with Crippen LogP contribution in [0.4, 0.5) is 0 Å². The van der Waals surface area contributed by atoms with Crippen LogP contribution in [0, 0.1) is 0 Å². The van der Waals surface area contributed by atoms with E-state index in [1.165, 1.54) is 16.3 Å². The molecule has 3 rings (SSSR count). The molecule has 108 valence electrons. The van der Waals surface area contributed by atoms with Gasteiger partial charge in [0.1, 0.15) is 5.76 Å². The summed E-state index contributed by atoms with van der Waals surface area (Å²) in [6, 6.07) is 19.2. The highest BCUT2D eigenvalue weighted by Crippen LogP contribution is 2.23. The molecular weight excluding hydrogens is 278 g/mol. The lowest BCUT2D eigenvalue weighted by Crippen LogP contribution is -2.07. The summed E-state index contributed by atoms with van der Waals surface area (Å²) in [6.07, 6.45) is 1.71. The second-order valence-corrected chi connectivity index (χ2v) is 6.13. The minimum Gasteiger partial charge on any atom is -0.468 e. The van der Waals surface area contributed by atoms with Crippen molar-refractivity contribution in [1.82, 2.24) is 4.72 Å². The maximum Gasteiger partial charge on any atom is 0.118 e. The van der Waals surface area contributed by atoms with E-state index in [9.17, 15) is 0 Å². The maximum absolute atomic E-state index is 5.30. The normalized spacial score (nSPS) is 12.6. The average Bonchev–Trinajstić information content (AvgIpc) is 3.04. The summed E-state index contributed by atoms with van der Waals surface area (Å²) in [5, 5.41) is 2.62. The Kier molecular flexibility index (Phi) is 4.63. The summed E-state index contributed by atoms with van der Waals surface area (Å²) >= 11 is 1.75. The molecule has 0 aliphatic rings. The predicted octanol–water partition coefficient (Wildman–Crippen LogP) is 4.97. The van der Waals surface area contributed by atoms with Crippen molar-refractivity contribution >= 4 is 22.7 Å². The van der Waals surface area contributed by atoms with Crippen LogP contribution in [-0.4, -0.2) is 5.75 Å². The summed E-state index contributed by atoms with van der Waals surface area (Å²) in [5.74, 6) is 2.53. The van der Waals surface area contributed by atoms with Crippen molar-refractivity contribution < 1.29 is 4.42 Å². The minimum absolute atomic E-state index is 0.517. The molecule has 0 saturated carbocycles. The van der Waals surface area contributed by atoms with Gasteiger partial charge in [-0.1, -0.05) is 61.3 Å². The molecule has 0 bridgehead atoms. The van der Waals surface area contributed by atoms with Crippen LogP contribution in [-0.2, 0) is 6.54 Å². The van der Waals surface area contributed by atoms with E-state index < -0.39 is 0 Å². The van der Waals surface area contributed by atoms with Crippen molar-refractivity contribution in [3.8, 4) is 0 Å². The molecular formula is C18H19NOS. The van der Waals surface area contributed by atoms with E-state index in [1.807, 2.05) is 12.1 Å². The number of nitrogens with one attached hydrogen (secondary N) is 1. The lowest BCUT2D eigenvalue weighted by molar-refractivity contribution is 0.506. The van der Waals surface area contributed by atoms with Crippen molar-refractivity contribution in [3.05, 3.63) is 72.2 Å². The van der Waals surface area contributed by atoms with Gasteiger partial charge in [0.2, 0.25) is 0 Å². The third-order valence-electron chi connectivity index (χ3n) is 3.60. The van der Waals surface area contributed by atoms with E-state index in [2.05, 4.69) is 54.1 Å². The van der Waals surface area contributed by atoms with E-state index in [-0.39, 0.29) is 0 Å². The third-order valence-corrected chi connectivity index (χ3v) is 4.62. The topological polar surface area (TPSA) is 25.2 Å². The number of fused-ring (bicyclic) bond motifs is 1. The van der Waals surface area contributed by atoms with Crippen LogP contribution < -0.4 is 4.72 Å². The second kappa shape index (κ2) is 6.83. The number of rotatable bonds is 6. The summed E-state index contributed by atoms with van der Waals surface area (Å²) < 4.78 is 8.65. The Morgan fingerprint density at radius 2 is 1.90 bits per heavy atom. The van der Waals surface area contributed by atoms with E-state index in [4.69, 9.17) is 4.42 Å². The molecule has 2 nitrogen and oxygen atoms in total. The molecule has 1 unspecified atom stereocenters. The average molecular weight is 297 g/mol. The van der Waals surface area contributed by atoms with Crippen LogP contribution >= 0.6 is 11.9 Å². The van der Waals surface area contributed by atoms with Crippen LogP contribution in [0.15, 0.2) is 65.3 Å². The van der Waals surface area contributed by atoms with E-state index in [1.54, 1.807) is 18.2 Å². The first-order valence-corrected chi connectivity index (χ1v) is 8.17. The number of hydrogen-bond donors (Lipinski definition) is 1. The fourth-order valence-electron chi connectivity index (χ4n) is 2.33. The number of furan rings is 1. The molecule has 0 saturated heterocycles. The molecule has 3 heteroatoms. The van der Waals surface area contributed by atoms with Crippen LogP contribution in [0.2, 0.25) is 0 Å². The van der Waals surface area contributed by atoms with E-state index in [0.717, 1.165) is 18.1 Å². The first-order chi connectivity index (χ1) is 10.3. The lowest BCUT2D eigenvalue weighted by atomic mass is 9.99. The molecule has 1 N–H and O–H groups in total. The van der Waals surface area contributed by atoms with Gasteiger partial charge in [-0.3, -0.25) is 4.72 Å². The van der Waals surface area contributed by atoms with Crippen LogP contribution in [0.1, 0.15) is 24.2 Å². The lowest BCUT2D eigenvalue weighted by Gasteiger charge is -2.12.